The highest BCUT2D eigenvalue weighted by atomic mass is 16.5. The fourth-order valence-electron chi connectivity index (χ4n) is 2.74. The summed E-state index contributed by atoms with van der Waals surface area (Å²) in [7, 11) is 1.66. The van der Waals surface area contributed by atoms with Crippen LogP contribution in [-0.2, 0) is 4.74 Å². The van der Waals surface area contributed by atoms with Gasteiger partial charge in [-0.1, -0.05) is 42.5 Å². The normalized spacial score (nSPS) is 12.3. The molecular weight excluding hydrogens is 288 g/mol. The van der Waals surface area contributed by atoms with Crippen LogP contribution in [0.2, 0.25) is 0 Å². The van der Waals surface area contributed by atoms with E-state index in [1.165, 1.54) is 0 Å². The lowest BCUT2D eigenvalue weighted by molar-refractivity contribution is 0.0823. The highest BCUT2D eigenvalue weighted by Crippen LogP contribution is 2.20. The number of aromatic nitrogens is 1. The number of aromatic amines is 1. The molecule has 118 valence electrons. The Kier molecular flexibility index (Phi) is 4.44. The van der Waals surface area contributed by atoms with Crippen molar-refractivity contribution in [2.45, 2.75) is 13.0 Å². The van der Waals surface area contributed by atoms with Crippen molar-refractivity contribution in [3.8, 4) is 0 Å². The number of nitrogens with one attached hydrogen (secondary N) is 2. The molecule has 0 aliphatic carbocycles. The van der Waals surface area contributed by atoms with E-state index in [1.807, 2.05) is 61.5 Å². The highest BCUT2D eigenvalue weighted by Gasteiger charge is 2.15. The molecule has 0 fully saturated rings. The van der Waals surface area contributed by atoms with E-state index in [9.17, 15) is 4.79 Å². The van der Waals surface area contributed by atoms with Crippen molar-refractivity contribution >= 4 is 16.8 Å². The highest BCUT2D eigenvalue weighted by molar-refractivity contribution is 5.97. The third-order valence-electron chi connectivity index (χ3n) is 4.04. The zero-order chi connectivity index (χ0) is 16.2. The molecule has 0 saturated heterocycles. The Morgan fingerprint density at radius 2 is 1.91 bits per heavy atom. The molecule has 2 N–H and O–H groups in total. The van der Waals surface area contributed by atoms with Gasteiger partial charge in [0.2, 0.25) is 0 Å². The average molecular weight is 308 g/mol. The fourth-order valence-corrected chi connectivity index (χ4v) is 2.74. The van der Waals surface area contributed by atoms with Crippen LogP contribution in [0.25, 0.3) is 10.9 Å². The second-order valence-corrected chi connectivity index (χ2v) is 5.56. The first kappa shape index (κ1) is 15.3. The van der Waals surface area contributed by atoms with Gasteiger partial charge in [0.25, 0.3) is 5.91 Å². The van der Waals surface area contributed by atoms with Crippen LogP contribution in [-0.4, -0.2) is 24.5 Å². The van der Waals surface area contributed by atoms with Crippen molar-refractivity contribution in [2.24, 2.45) is 0 Å². The lowest BCUT2D eigenvalue weighted by Gasteiger charge is -2.18. The van der Waals surface area contributed by atoms with Crippen molar-refractivity contribution in [1.82, 2.24) is 10.3 Å². The van der Waals surface area contributed by atoms with Crippen LogP contribution >= 0.6 is 0 Å². The molecule has 1 heterocycles. The van der Waals surface area contributed by atoms with Crippen LogP contribution in [0, 0.1) is 6.92 Å². The van der Waals surface area contributed by atoms with Crippen LogP contribution < -0.4 is 5.32 Å². The van der Waals surface area contributed by atoms with E-state index >= 15 is 0 Å². The Bertz CT molecular complexity index is 790. The van der Waals surface area contributed by atoms with Crippen molar-refractivity contribution in [3.63, 3.8) is 0 Å². The number of aryl methyl sites for hydroxylation is 1. The minimum absolute atomic E-state index is 0.128. The molecule has 0 bridgehead atoms. The van der Waals surface area contributed by atoms with Crippen LogP contribution in [0.5, 0.6) is 0 Å². The van der Waals surface area contributed by atoms with Gasteiger partial charge in [-0.2, -0.15) is 0 Å². The number of hydrogen-bond donors (Lipinski definition) is 2. The molecule has 4 nitrogen and oxygen atoms in total. The van der Waals surface area contributed by atoms with Gasteiger partial charge in [0.05, 0.1) is 6.10 Å². The maximum Gasteiger partial charge on any atom is 0.267 e. The number of carbonyl (C=O) groups excluding carboxylic acids is 1. The van der Waals surface area contributed by atoms with Gasteiger partial charge in [-0.25, -0.2) is 0 Å². The summed E-state index contributed by atoms with van der Waals surface area (Å²) >= 11 is 0. The molecule has 0 radical (unpaired) electrons. The summed E-state index contributed by atoms with van der Waals surface area (Å²) in [6, 6.07) is 17.7. The zero-order valence-corrected chi connectivity index (χ0v) is 13.3. The first-order valence-corrected chi connectivity index (χ1v) is 7.63. The lowest BCUT2D eigenvalue weighted by atomic mass is 10.0. The summed E-state index contributed by atoms with van der Waals surface area (Å²) < 4.78 is 5.54. The van der Waals surface area contributed by atoms with E-state index in [4.69, 9.17) is 4.74 Å². The number of H-pyrrole nitrogens is 1. The van der Waals surface area contributed by atoms with Gasteiger partial charge >= 0.3 is 0 Å². The quantitative estimate of drug-likeness (QED) is 0.757. The van der Waals surface area contributed by atoms with Crippen molar-refractivity contribution in [2.75, 3.05) is 13.7 Å². The standard InChI is InChI=1S/C19H20N2O2/c1-13-7-3-5-9-15(13)18(23-2)12-20-19(22)17-11-14-8-4-6-10-16(14)21-17/h3-11,18,21H,12H2,1-2H3,(H,20,22). The summed E-state index contributed by atoms with van der Waals surface area (Å²) in [6.07, 6.45) is -0.162. The molecule has 0 saturated carbocycles. The van der Waals surface area contributed by atoms with E-state index < -0.39 is 0 Å². The number of ether oxygens (including phenoxy) is 1. The van der Waals surface area contributed by atoms with E-state index in [-0.39, 0.29) is 12.0 Å². The number of hydrogen-bond acceptors (Lipinski definition) is 2. The number of rotatable bonds is 5. The number of methoxy groups -OCH3 is 1. The molecule has 0 aliphatic rings. The fraction of sp³-hybridized carbons (Fsp3) is 0.211. The molecule has 23 heavy (non-hydrogen) atoms. The molecule has 4 heteroatoms. The average Bonchev–Trinajstić information content (AvgIpc) is 3.01. The summed E-state index contributed by atoms with van der Waals surface area (Å²) in [5, 5.41) is 3.97. The molecule has 1 aromatic heterocycles. The second-order valence-electron chi connectivity index (χ2n) is 5.56. The number of benzene rings is 2. The number of carbonyl (C=O) groups is 1. The second kappa shape index (κ2) is 6.67. The number of para-hydroxylation sites is 1. The van der Waals surface area contributed by atoms with E-state index in [2.05, 4.69) is 10.3 Å². The van der Waals surface area contributed by atoms with Crippen LogP contribution in [0.1, 0.15) is 27.7 Å². The first-order valence-electron chi connectivity index (χ1n) is 7.63. The molecule has 0 aliphatic heterocycles. The SMILES string of the molecule is COC(CNC(=O)c1cc2ccccc2[nH]1)c1ccccc1C. The monoisotopic (exact) mass is 308 g/mol. The lowest BCUT2D eigenvalue weighted by Crippen LogP contribution is -2.29. The minimum atomic E-state index is -0.162. The zero-order valence-electron chi connectivity index (χ0n) is 13.3. The third-order valence-corrected chi connectivity index (χ3v) is 4.04. The van der Waals surface area contributed by atoms with Crippen LogP contribution in [0.4, 0.5) is 0 Å². The van der Waals surface area contributed by atoms with E-state index in [0.717, 1.165) is 22.0 Å². The van der Waals surface area contributed by atoms with Gasteiger partial charge in [-0.15, -0.1) is 0 Å². The van der Waals surface area contributed by atoms with E-state index in [0.29, 0.717) is 12.2 Å². The summed E-state index contributed by atoms with van der Waals surface area (Å²) in [5.74, 6) is -0.128. The Hall–Kier alpha value is -2.59. The van der Waals surface area contributed by atoms with Gasteiger partial charge in [-0.05, 0) is 30.2 Å². The van der Waals surface area contributed by atoms with Gasteiger partial charge in [0, 0.05) is 24.6 Å². The maximum absolute atomic E-state index is 12.4. The molecule has 2 aromatic carbocycles. The molecule has 1 unspecified atom stereocenters. The Balaban J connectivity index is 1.71. The Labute approximate surface area is 135 Å². The maximum atomic E-state index is 12.4. The first-order chi connectivity index (χ1) is 11.2. The molecular formula is C19H20N2O2. The predicted octanol–water partition coefficient (Wildman–Crippen LogP) is 3.59. The summed E-state index contributed by atoms with van der Waals surface area (Å²) in [6.45, 7) is 2.47. The van der Waals surface area contributed by atoms with Crippen LogP contribution in [0.3, 0.4) is 0 Å². The van der Waals surface area contributed by atoms with Crippen molar-refractivity contribution < 1.29 is 9.53 Å². The van der Waals surface area contributed by atoms with Gasteiger partial charge in [0.15, 0.2) is 0 Å². The topological polar surface area (TPSA) is 54.1 Å². The van der Waals surface area contributed by atoms with Crippen molar-refractivity contribution in [1.29, 1.82) is 0 Å². The van der Waals surface area contributed by atoms with Crippen molar-refractivity contribution in [3.05, 3.63) is 71.4 Å². The third kappa shape index (κ3) is 3.27. The number of fused-ring (bicyclic) bond motifs is 1. The molecule has 3 rings (SSSR count). The summed E-state index contributed by atoms with van der Waals surface area (Å²) in [5.41, 5.74) is 3.76. The largest absolute Gasteiger partial charge is 0.375 e. The molecule has 3 aromatic rings. The molecule has 0 spiro atoms. The van der Waals surface area contributed by atoms with Gasteiger partial charge in [-0.3, -0.25) is 4.79 Å². The molecule has 1 amide bonds. The predicted molar refractivity (Wildman–Crippen MR) is 91.6 cm³/mol. The van der Waals surface area contributed by atoms with E-state index in [1.54, 1.807) is 7.11 Å². The molecule has 1 atom stereocenters. The Morgan fingerprint density at radius 1 is 1.17 bits per heavy atom. The minimum Gasteiger partial charge on any atom is -0.375 e. The van der Waals surface area contributed by atoms with Crippen LogP contribution in [0.15, 0.2) is 54.6 Å². The Morgan fingerprint density at radius 3 is 2.65 bits per heavy atom. The van der Waals surface area contributed by atoms with Gasteiger partial charge in [0.1, 0.15) is 5.69 Å². The number of amides is 1. The van der Waals surface area contributed by atoms with Gasteiger partial charge < -0.3 is 15.0 Å². The smallest absolute Gasteiger partial charge is 0.267 e. The summed E-state index contributed by atoms with van der Waals surface area (Å²) in [4.78, 5) is 15.5.